The minimum absolute atomic E-state index is 0.237. The minimum Gasteiger partial charge on any atom is -0.445 e. The fourth-order valence-corrected chi connectivity index (χ4v) is 8.52. The smallest absolute Gasteiger partial charge is 0.407 e. The summed E-state index contributed by atoms with van der Waals surface area (Å²) < 4.78 is 11.7. The van der Waals surface area contributed by atoms with Crippen molar-refractivity contribution in [2.45, 2.75) is 128 Å². The Balaban J connectivity index is 1.28. The van der Waals surface area contributed by atoms with E-state index in [1.165, 1.54) is 31.3 Å². The van der Waals surface area contributed by atoms with E-state index in [1.54, 1.807) is 7.05 Å². The average Bonchev–Trinajstić information content (AvgIpc) is 3.49. The molecule has 0 saturated heterocycles. The molecule has 8 heteroatoms. The molecule has 0 spiro atoms. The zero-order valence-corrected chi connectivity index (χ0v) is 26.0. The first-order chi connectivity index (χ1) is 20.1. The van der Waals surface area contributed by atoms with Crippen LogP contribution in [0.4, 0.5) is 4.79 Å². The van der Waals surface area contributed by atoms with Crippen LogP contribution in [-0.4, -0.2) is 51.8 Å². The van der Waals surface area contributed by atoms with E-state index in [0.29, 0.717) is 36.5 Å². The van der Waals surface area contributed by atoms with Gasteiger partial charge in [0, 0.05) is 19.9 Å². The number of carbonyl (C=O) groups is 1. The Morgan fingerprint density at radius 1 is 1.24 bits per heavy atom. The first-order valence-corrected chi connectivity index (χ1v) is 16.3. The second-order valence-electron chi connectivity index (χ2n) is 13.8. The second kappa shape index (κ2) is 12.7. The fraction of sp³-hybridized carbons (Fsp3) is 0.735. The van der Waals surface area contributed by atoms with Crippen LogP contribution >= 0.6 is 0 Å². The molecule has 0 unspecified atom stereocenters. The van der Waals surface area contributed by atoms with Crippen molar-refractivity contribution in [1.29, 1.82) is 0 Å². The largest absolute Gasteiger partial charge is 0.445 e. The van der Waals surface area contributed by atoms with E-state index in [4.69, 9.17) is 14.2 Å². The molecule has 1 aromatic rings. The van der Waals surface area contributed by atoms with Crippen LogP contribution in [0.15, 0.2) is 40.0 Å². The summed E-state index contributed by atoms with van der Waals surface area (Å²) in [5, 5.41) is 27.3. The molecule has 4 saturated carbocycles. The Kier molecular flexibility index (Phi) is 9.33. The van der Waals surface area contributed by atoms with Crippen molar-refractivity contribution in [3.63, 3.8) is 0 Å². The quantitative estimate of drug-likeness (QED) is 0.295. The van der Waals surface area contributed by atoms with Gasteiger partial charge in [0.15, 0.2) is 5.82 Å². The molecule has 3 N–H and O–H groups in total. The van der Waals surface area contributed by atoms with Crippen molar-refractivity contribution in [3.8, 4) is 0 Å². The molecule has 7 atom stereocenters. The monoisotopic (exact) mass is 581 g/mol. The van der Waals surface area contributed by atoms with Gasteiger partial charge in [-0.2, -0.15) is 4.98 Å². The molecular formula is C34H51N3O5. The molecule has 1 amide bonds. The number of aliphatic hydroxyl groups is 2. The molecule has 0 aromatic carbocycles. The molecule has 4 aliphatic rings. The predicted octanol–water partition coefficient (Wildman–Crippen LogP) is 6.34. The number of aromatic nitrogens is 2. The molecular weight excluding hydrogens is 530 g/mol. The number of aliphatic hydroxyl groups excluding tert-OH is 2. The molecule has 232 valence electrons. The van der Waals surface area contributed by atoms with E-state index in [0.717, 1.165) is 61.9 Å². The Bertz CT molecular complexity index is 1200. The van der Waals surface area contributed by atoms with E-state index in [1.807, 2.05) is 0 Å². The number of nitrogens with zero attached hydrogens (tertiary/aromatic N) is 2. The third-order valence-corrected chi connectivity index (χ3v) is 11.1. The number of aryl methyl sites for hydroxylation is 1. The zero-order valence-electron chi connectivity index (χ0n) is 26.0. The van der Waals surface area contributed by atoms with Gasteiger partial charge in [0.25, 0.3) is 0 Å². The van der Waals surface area contributed by atoms with Crippen LogP contribution in [0.3, 0.4) is 0 Å². The number of rotatable bonds is 10. The van der Waals surface area contributed by atoms with Crippen LogP contribution in [0.25, 0.3) is 0 Å². The van der Waals surface area contributed by atoms with Gasteiger partial charge < -0.3 is 24.8 Å². The molecule has 0 radical (unpaired) electrons. The summed E-state index contributed by atoms with van der Waals surface area (Å²) >= 11 is 0. The molecule has 1 heterocycles. The number of fused-ring (bicyclic) bond motifs is 1. The molecule has 1 aromatic heterocycles. The van der Waals surface area contributed by atoms with Gasteiger partial charge in [-0.25, -0.2) is 4.79 Å². The number of hydrogen-bond acceptors (Lipinski definition) is 7. The van der Waals surface area contributed by atoms with Gasteiger partial charge in [-0.3, -0.25) is 0 Å². The van der Waals surface area contributed by atoms with Crippen molar-refractivity contribution in [2.75, 3.05) is 7.05 Å². The molecule has 4 aliphatic carbocycles. The molecule has 0 bridgehead atoms. The Hall–Kier alpha value is -2.45. The van der Waals surface area contributed by atoms with Crippen LogP contribution in [0, 0.1) is 23.2 Å². The Morgan fingerprint density at radius 2 is 2.02 bits per heavy atom. The van der Waals surface area contributed by atoms with Crippen molar-refractivity contribution in [2.24, 2.45) is 23.2 Å². The summed E-state index contributed by atoms with van der Waals surface area (Å²) in [6.07, 6.45) is 14.7. The van der Waals surface area contributed by atoms with Crippen molar-refractivity contribution < 1.29 is 24.3 Å². The maximum Gasteiger partial charge on any atom is 0.407 e. The standard InChI is InChI=1S/C34H51N3O5/c1-6-8-30-36-31(42-37-30)34(17-18-34)29(41-32(40)35-5)15-10-21(2)26-13-14-27-23(9-7-16-33(26,27)4)11-12-24-19-25(38)20-28(39)22(24)3/h11-12,21,25-29,38-39H,3,6-10,13-20H2,1-2,4-5H3,(H,35,40)/b23-11+,24-12-/t21-,25-,26-,27+,28+,29+,33-/m1/s1. The van der Waals surface area contributed by atoms with E-state index in [-0.39, 0.29) is 16.9 Å². The number of amides is 1. The van der Waals surface area contributed by atoms with Gasteiger partial charge in [-0.15, -0.1) is 0 Å². The Labute approximate surface area is 251 Å². The lowest BCUT2D eigenvalue weighted by molar-refractivity contribution is 0.0468. The molecule has 42 heavy (non-hydrogen) atoms. The number of allylic oxidation sites excluding steroid dienone is 3. The minimum atomic E-state index is -0.657. The zero-order chi connectivity index (χ0) is 30.1. The lowest BCUT2D eigenvalue weighted by atomic mass is 9.60. The third kappa shape index (κ3) is 6.12. The van der Waals surface area contributed by atoms with Crippen molar-refractivity contribution >= 4 is 6.09 Å². The molecule has 5 rings (SSSR count). The summed E-state index contributed by atoms with van der Waals surface area (Å²) in [7, 11) is 1.60. The molecule has 8 nitrogen and oxygen atoms in total. The Morgan fingerprint density at radius 3 is 2.74 bits per heavy atom. The van der Waals surface area contributed by atoms with E-state index >= 15 is 0 Å². The normalized spacial score (nSPS) is 33.8. The van der Waals surface area contributed by atoms with E-state index in [9.17, 15) is 15.0 Å². The number of alkyl carbamates (subject to hydrolysis) is 1. The topological polar surface area (TPSA) is 118 Å². The highest BCUT2D eigenvalue weighted by Gasteiger charge is 2.57. The van der Waals surface area contributed by atoms with Crippen LogP contribution in [0.2, 0.25) is 0 Å². The number of carbonyl (C=O) groups excluding carboxylic acids is 1. The van der Waals surface area contributed by atoms with Gasteiger partial charge >= 0.3 is 6.09 Å². The van der Waals surface area contributed by atoms with Gasteiger partial charge in [0.2, 0.25) is 5.89 Å². The second-order valence-corrected chi connectivity index (χ2v) is 13.8. The van der Waals surface area contributed by atoms with Crippen LogP contribution in [-0.2, 0) is 16.6 Å². The molecule has 0 aliphatic heterocycles. The third-order valence-electron chi connectivity index (χ3n) is 11.1. The SMILES string of the molecule is C=C1/C(=C\C=C2/CCC[C@]3(C)[C@@H]([C@H](C)CC[C@H](OC(=O)NC)C4(c5nc(CCC)no5)CC4)CC[C@@H]23)C[C@@H](O)C[C@@H]1O. The van der Waals surface area contributed by atoms with E-state index < -0.39 is 18.3 Å². The highest BCUT2D eigenvalue weighted by Crippen LogP contribution is 2.60. The highest BCUT2D eigenvalue weighted by molar-refractivity contribution is 5.67. The van der Waals surface area contributed by atoms with Gasteiger partial charge in [0.1, 0.15) is 6.10 Å². The maximum atomic E-state index is 12.4. The van der Waals surface area contributed by atoms with Gasteiger partial charge in [-0.1, -0.05) is 50.2 Å². The first kappa shape index (κ1) is 31.0. The molecule has 4 fully saturated rings. The van der Waals surface area contributed by atoms with Crippen molar-refractivity contribution in [1.82, 2.24) is 15.5 Å². The van der Waals surface area contributed by atoms with Crippen molar-refractivity contribution in [3.05, 3.63) is 47.2 Å². The van der Waals surface area contributed by atoms with Crippen LogP contribution in [0.1, 0.15) is 110 Å². The number of hydrogen-bond donors (Lipinski definition) is 3. The van der Waals surface area contributed by atoms with Gasteiger partial charge in [0.05, 0.1) is 17.6 Å². The summed E-state index contributed by atoms with van der Waals surface area (Å²) in [6, 6.07) is 0. The maximum absolute atomic E-state index is 12.4. The fourth-order valence-electron chi connectivity index (χ4n) is 8.52. The summed E-state index contributed by atoms with van der Waals surface area (Å²) in [5.41, 5.74) is 3.10. The van der Waals surface area contributed by atoms with Gasteiger partial charge in [-0.05, 0) is 105 Å². The van der Waals surface area contributed by atoms with Crippen LogP contribution in [0.5, 0.6) is 0 Å². The van der Waals surface area contributed by atoms with Crippen LogP contribution < -0.4 is 5.32 Å². The summed E-state index contributed by atoms with van der Waals surface area (Å²) in [5.74, 6) is 2.99. The number of nitrogens with one attached hydrogen (secondary N) is 1. The summed E-state index contributed by atoms with van der Waals surface area (Å²) in [4.78, 5) is 17.1. The number of ether oxygens (including phenoxy) is 1. The van der Waals surface area contributed by atoms with E-state index in [2.05, 4.69) is 50.0 Å². The average molecular weight is 582 g/mol. The lowest BCUT2D eigenvalue weighted by Gasteiger charge is -2.44. The predicted molar refractivity (Wildman–Crippen MR) is 162 cm³/mol. The summed E-state index contributed by atoms with van der Waals surface area (Å²) in [6.45, 7) is 11.1. The lowest BCUT2D eigenvalue weighted by Crippen LogP contribution is -2.38. The highest BCUT2D eigenvalue weighted by atomic mass is 16.6. The first-order valence-electron chi connectivity index (χ1n) is 16.3.